The Kier molecular flexibility index (Phi) is 6.34. The van der Waals surface area contributed by atoms with Gasteiger partial charge in [-0.1, -0.05) is 121 Å². The highest BCUT2D eigenvalue weighted by Crippen LogP contribution is 2.36. The van der Waals surface area contributed by atoms with Crippen molar-refractivity contribution in [3.05, 3.63) is 164 Å². The standard InChI is InChI=1S/C36H27N/c1-4-11-28(12-5-1)30-19-23-35(24-20-30)37(34-17-8-3-9-18-34)36-25-21-31(22-26-36)33-16-10-15-32(27-33)29-13-6-2-7-14-29/h1-27H. The van der Waals surface area contributed by atoms with E-state index in [1.807, 2.05) is 0 Å². The van der Waals surface area contributed by atoms with Crippen LogP contribution in [0.4, 0.5) is 17.1 Å². The van der Waals surface area contributed by atoms with Gasteiger partial charge in [0.2, 0.25) is 0 Å². The van der Waals surface area contributed by atoms with E-state index in [0.29, 0.717) is 0 Å². The van der Waals surface area contributed by atoms with Gasteiger partial charge < -0.3 is 4.90 Å². The highest BCUT2D eigenvalue weighted by molar-refractivity contribution is 5.80. The zero-order valence-corrected chi connectivity index (χ0v) is 20.5. The summed E-state index contributed by atoms with van der Waals surface area (Å²) in [4.78, 5) is 2.30. The number of nitrogens with zero attached hydrogens (tertiary/aromatic N) is 1. The highest BCUT2D eigenvalue weighted by Gasteiger charge is 2.13. The first kappa shape index (κ1) is 22.6. The maximum absolute atomic E-state index is 2.30. The Labute approximate surface area is 218 Å². The van der Waals surface area contributed by atoms with Crippen LogP contribution in [0.15, 0.2) is 164 Å². The lowest BCUT2D eigenvalue weighted by Crippen LogP contribution is -2.09. The lowest BCUT2D eigenvalue weighted by molar-refractivity contribution is 1.28. The molecule has 0 unspecified atom stereocenters. The summed E-state index contributed by atoms with van der Waals surface area (Å²) >= 11 is 0. The Morgan fingerprint density at radius 2 is 0.568 bits per heavy atom. The maximum atomic E-state index is 2.30. The molecule has 0 fully saturated rings. The Hall–Kier alpha value is -4.88. The first-order valence-electron chi connectivity index (χ1n) is 12.6. The summed E-state index contributed by atoms with van der Waals surface area (Å²) in [5, 5.41) is 0. The predicted molar refractivity (Wildman–Crippen MR) is 157 cm³/mol. The summed E-state index contributed by atoms with van der Waals surface area (Å²) < 4.78 is 0. The number of hydrogen-bond donors (Lipinski definition) is 0. The Balaban J connectivity index is 1.34. The normalized spacial score (nSPS) is 10.7. The van der Waals surface area contributed by atoms with Gasteiger partial charge in [0.15, 0.2) is 0 Å². The minimum atomic E-state index is 1.13. The molecule has 6 rings (SSSR count). The molecule has 0 aliphatic carbocycles. The van der Waals surface area contributed by atoms with Crippen LogP contribution in [0.2, 0.25) is 0 Å². The second-order valence-electron chi connectivity index (χ2n) is 9.08. The second kappa shape index (κ2) is 10.4. The van der Waals surface area contributed by atoms with Crippen LogP contribution in [0.1, 0.15) is 0 Å². The van der Waals surface area contributed by atoms with Crippen molar-refractivity contribution in [3.8, 4) is 33.4 Å². The third kappa shape index (κ3) is 4.94. The fourth-order valence-corrected chi connectivity index (χ4v) is 4.77. The van der Waals surface area contributed by atoms with Crippen molar-refractivity contribution in [1.29, 1.82) is 0 Å². The maximum Gasteiger partial charge on any atom is 0.0462 e. The average Bonchev–Trinajstić information content (AvgIpc) is 3.00. The van der Waals surface area contributed by atoms with Gasteiger partial charge in [0.25, 0.3) is 0 Å². The summed E-state index contributed by atoms with van der Waals surface area (Å²) in [5.74, 6) is 0. The summed E-state index contributed by atoms with van der Waals surface area (Å²) in [6.07, 6.45) is 0. The van der Waals surface area contributed by atoms with Gasteiger partial charge in [0.1, 0.15) is 0 Å². The summed E-state index contributed by atoms with van der Waals surface area (Å²) in [6, 6.07) is 58.0. The molecule has 0 aromatic heterocycles. The molecule has 176 valence electrons. The van der Waals surface area contributed by atoms with Crippen molar-refractivity contribution in [3.63, 3.8) is 0 Å². The van der Waals surface area contributed by atoms with E-state index < -0.39 is 0 Å². The number of benzene rings is 6. The molecule has 0 amide bonds. The first-order valence-corrected chi connectivity index (χ1v) is 12.6. The van der Waals surface area contributed by atoms with Crippen molar-refractivity contribution in [2.75, 3.05) is 4.90 Å². The van der Waals surface area contributed by atoms with Crippen LogP contribution < -0.4 is 4.90 Å². The van der Waals surface area contributed by atoms with E-state index in [4.69, 9.17) is 0 Å². The minimum absolute atomic E-state index is 1.13. The van der Waals surface area contributed by atoms with Gasteiger partial charge in [-0.05, 0) is 75.8 Å². The fraction of sp³-hybridized carbons (Fsp3) is 0. The van der Waals surface area contributed by atoms with E-state index in [1.54, 1.807) is 0 Å². The van der Waals surface area contributed by atoms with E-state index in [1.165, 1.54) is 33.4 Å². The molecular formula is C36H27N. The number of para-hydroxylation sites is 1. The molecule has 1 heteroatoms. The van der Waals surface area contributed by atoms with E-state index in [2.05, 4.69) is 169 Å². The van der Waals surface area contributed by atoms with Crippen LogP contribution in [0.3, 0.4) is 0 Å². The third-order valence-electron chi connectivity index (χ3n) is 6.68. The topological polar surface area (TPSA) is 3.24 Å². The van der Waals surface area contributed by atoms with Gasteiger partial charge in [-0.15, -0.1) is 0 Å². The molecule has 0 saturated heterocycles. The molecule has 0 radical (unpaired) electrons. The van der Waals surface area contributed by atoms with Crippen LogP contribution in [-0.4, -0.2) is 0 Å². The minimum Gasteiger partial charge on any atom is -0.311 e. The molecule has 0 N–H and O–H groups in total. The Morgan fingerprint density at radius 3 is 1.05 bits per heavy atom. The van der Waals surface area contributed by atoms with Gasteiger partial charge in [0, 0.05) is 17.1 Å². The largest absolute Gasteiger partial charge is 0.311 e. The molecule has 0 saturated carbocycles. The molecule has 6 aromatic rings. The molecule has 0 heterocycles. The van der Waals surface area contributed by atoms with Crippen LogP contribution in [0.25, 0.3) is 33.4 Å². The lowest BCUT2D eigenvalue weighted by Gasteiger charge is -2.26. The molecule has 6 aromatic carbocycles. The summed E-state index contributed by atoms with van der Waals surface area (Å²) in [7, 11) is 0. The van der Waals surface area contributed by atoms with Crippen LogP contribution in [0, 0.1) is 0 Å². The van der Waals surface area contributed by atoms with Gasteiger partial charge in [-0.25, -0.2) is 0 Å². The second-order valence-corrected chi connectivity index (χ2v) is 9.08. The summed E-state index contributed by atoms with van der Waals surface area (Å²) in [5.41, 5.74) is 10.7. The smallest absolute Gasteiger partial charge is 0.0462 e. The summed E-state index contributed by atoms with van der Waals surface area (Å²) in [6.45, 7) is 0. The molecular weight excluding hydrogens is 446 g/mol. The molecule has 0 atom stereocenters. The zero-order chi connectivity index (χ0) is 24.9. The SMILES string of the molecule is c1ccc(-c2ccc(N(c3ccccc3)c3ccc(-c4cccc(-c5ccccc5)c4)cc3)cc2)cc1. The fourth-order valence-electron chi connectivity index (χ4n) is 4.77. The first-order chi connectivity index (χ1) is 18.3. The number of hydrogen-bond acceptors (Lipinski definition) is 1. The molecule has 0 aliphatic heterocycles. The van der Waals surface area contributed by atoms with Crippen molar-refractivity contribution in [2.45, 2.75) is 0 Å². The van der Waals surface area contributed by atoms with E-state index in [-0.39, 0.29) is 0 Å². The van der Waals surface area contributed by atoms with Crippen molar-refractivity contribution in [2.24, 2.45) is 0 Å². The van der Waals surface area contributed by atoms with E-state index in [0.717, 1.165) is 17.1 Å². The highest BCUT2D eigenvalue weighted by atomic mass is 15.1. The number of rotatable bonds is 6. The molecule has 1 nitrogen and oxygen atoms in total. The monoisotopic (exact) mass is 473 g/mol. The van der Waals surface area contributed by atoms with Crippen molar-refractivity contribution in [1.82, 2.24) is 0 Å². The quantitative estimate of drug-likeness (QED) is 0.233. The molecule has 0 bridgehead atoms. The average molecular weight is 474 g/mol. The van der Waals surface area contributed by atoms with E-state index >= 15 is 0 Å². The van der Waals surface area contributed by atoms with Gasteiger partial charge in [0.05, 0.1) is 0 Å². The lowest BCUT2D eigenvalue weighted by atomic mass is 9.99. The third-order valence-corrected chi connectivity index (χ3v) is 6.68. The molecule has 0 aliphatic rings. The predicted octanol–water partition coefficient (Wildman–Crippen LogP) is 10.2. The van der Waals surface area contributed by atoms with Crippen LogP contribution >= 0.6 is 0 Å². The Morgan fingerprint density at radius 1 is 0.243 bits per heavy atom. The van der Waals surface area contributed by atoms with Crippen LogP contribution in [0.5, 0.6) is 0 Å². The van der Waals surface area contributed by atoms with Crippen molar-refractivity contribution >= 4 is 17.1 Å². The van der Waals surface area contributed by atoms with Gasteiger partial charge in [-0.2, -0.15) is 0 Å². The van der Waals surface area contributed by atoms with Gasteiger partial charge >= 0.3 is 0 Å². The number of anilines is 3. The van der Waals surface area contributed by atoms with Gasteiger partial charge in [-0.3, -0.25) is 0 Å². The van der Waals surface area contributed by atoms with Crippen molar-refractivity contribution < 1.29 is 0 Å². The molecule has 37 heavy (non-hydrogen) atoms. The van der Waals surface area contributed by atoms with Crippen LogP contribution in [-0.2, 0) is 0 Å². The molecule has 0 spiro atoms. The Bertz CT molecular complexity index is 1570. The zero-order valence-electron chi connectivity index (χ0n) is 20.5. The van der Waals surface area contributed by atoms with E-state index in [9.17, 15) is 0 Å².